The summed E-state index contributed by atoms with van der Waals surface area (Å²) in [7, 11) is 0. The summed E-state index contributed by atoms with van der Waals surface area (Å²) in [5.41, 5.74) is 10.9. The molecule has 22 heavy (non-hydrogen) atoms. The molecule has 0 saturated carbocycles. The highest BCUT2D eigenvalue weighted by Gasteiger charge is 2.23. The topological polar surface area (TPSA) is 81.1 Å². The third-order valence-electron chi connectivity index (χ3n) is 4.03. The van der Waals surface area contributed by atoms with Gasteiger partial charge in [0.1, 0.15) is 5.82 Å². The number of nitrogens with two attached hydrogens (primary N) is 1. The maximum Gasteiger partial charge on any atom is 0.166 e. The largest absolute Gasteiger partial charge is 0.383 e. The first kappa shape index (κ1) is 14.1. The number of piperidine rings is 1. The van der Waals surface area contributed by atoms with Gasteiger partial charge in [0.15, 0.2) is 5.65 Å². The van der Waals surface area contributed by atoms with Crippen molar-refractivity contribution < 1.29 is 0 Å². The summed E-state index contributed by atoms with van der Waals surface area (Å²) in [5, 5.41) is 7.82. The van der Waals surface area contributed by atoms with Crippen molar-refractivity contribution in [2.45, 2.75) is 18.8 Å². The van der Waals surface area contributed by atoms with Crippen molar-refractivity contribution in [3.63, 3.8) is 0 Å². The highest BCUT2D eigenvalue weighted by Crippen LogP contribution is 2.35. The van der Waals surface area contributed by atoms with Crippen LogP contribution in [0.5, 0.6) is 0 Å². The third kappa shape index (κ3) is 2.22. The van der Waals surface area contributed by atoms with Gasteiger partial charge in [0.2, 0.25) is 0 Å². The van der Waals surface area contributed by atoms with E-state index in [0.717, 1.165) is 52.2 Å². The Labute approximate surface area is 139 Å². The second-order valence-corrected chi connectivity index (χ2v) is 7.08. The van der Waals surface area contributed by atoms with E-state index in [0.29, 0.717) is 11.7 Å². The first-order chi connectivity index (χ1) is 10.8. The molecule has 1 aliphatic heterocycles. The van der Waals surface area contributed by atoms with Gasteiger partial charge in [0, 0.05) is 18.7 Å². The Bertz CT molecular complexity index is 806. The molecule has 0 aromatic carbocycles. The van der Waals surface area contributed by atoms with Crippen LogP contribution in [0.2, 0.25) is 0 Å². The molecule has 0 aliphatic carbocycles. The zero-order valence-electron chi connectivity index (χ0n) is 11.8. The second-order valence-electron chi connectivity index (χ2n) is 5.40. The van der Waals surface area contributed by atoms with Crippen LogP contribution in [-0.2, 0) is 0 Å². The van der Waals surface area contributed by atoms with Gasteiger partial charge in [-0.15, -0.1) is 11.3 Å². The molecule has 1 saturated heterocycles. The smallest absolute Gasteiger partial charge is 0.166 e. The summed E-state index contributed by atoms with van der Waals surface area (Å²) in [5.74, 6) is 0.973. The highest BCUT2D eigenvalue weighted by molar-refractivity contribution is 9.10. The molecule has 0 spiro atoms. The van der Waals surface area contributed by atoms with Crippen LogP contribution < -0.4 is 11.1 Å². The first-order valence-corrected chi connectivity index (χ1v) is 8.85. The molecule has 1 fully saturated rings. The average molecular weight is 379 g/mol. The number of nitrogen functional groups attached to an aromatic ring is 1. The van der Waals surface area contributed by atoms with Gasteiger partial charge in [0.25, 0.3) is 0 Å². The molecule has 3 aromatic heterocycles. The highest BCUT2D eigenvalue weighted by atomic mass is 79.9. The summed E-state index contributed by atoms with van der Waals surface area (Å²) in [4.78, 5) is 10.1. The zero-order chi connectivity index (χ0) is 15.1. The van der Waals surface area contributed by atoms with Gasteiger partial charge in [-0.05, 0) is 35.3 Å². The van der Waals surface area contributed by atoms with Crippen molar-refractivity contribution in [2.24, 2.45) is 0 Å². The molecule has 114 valence electrons. The summed E-state index contributed by atoms with van der Waals surface area (Å²) in [6.45, 7) is 2.01. The number of aromatic nitrogens is 4. The van der Waals surface area contributed by atoms with E-state index >= 15 is 0 Å². The van der Waals surface area contributed by atoms with Crippen LogP contribution in [0.3, 0.4) is 0 Å². The van der Waals surface area contributed by atoms with Crippen molar-refractivity contribution in [2.75, 3.05) is 18.8 Å². The molecule has 3 aromatic rings. The summed E-state index contributed by atoms with van der Waals surface area (Å²) in [6, 6.07) is 0. The van der Waals surface area contributed by atoms with Gasteiger partial charge in [-0.3, -0.25) is 4.98 Å². The molecule has 0 bridgehead atoms. The maximum atomic E-state index is 6.27. The fraction of sp³-hybridized carbons (Fsp3) is 0.357. The van der Waals surface area contributed by atoms with Gasteiger partial charge in [-0.1, -0.05) is 0 Å². The van der Waals surface area contributed by atoms with Gasteiger partial charge >= 0.3 is 0 Å². The number of nitrogens with zero attached hydrogens (tertiary/aromatic N) is 4. The van der Waals surface area contributed by atoms with Crippen molar-refractivity contribution in [3.05, 3.63) is 28.1 Å². The molecule has 1 unspecified atom stereocenters. The van der Waals surface area contributed by atoms with Crippen molar-refractivity contribution in [3.8, 4) is 10.4 Å². The Morgan fingerprint density at radius 1 is 1.41 bits per heavy atom. The summed E-state index contributed by atoms with van der Waals surface area (Å²) in [6.07, 6.45) is 5.92. The molecule has 4 rings (SSSR count). The molecule has 0 radical (unpaired) electrons. The summed E-state index contributed by atoms with van der Waals surface area (Å²) >= 11 is 5.19. The average Bonchev–Trinajstić information content (AvgIpc) is 3.20. The van der Waals surface area contributed by atoms with E-state index in [2.05, 4.69) is 31.3 Å². The molecule has 0 amide bonds. The van der Waals surface area contributed by atoms with Crippen LogP contribution in [0.1, 0.15) is 24.5 Å². The van der Waals surface area contributed by atoms with E-state index in [1.165, 1.54) is 0 Å². The van der Waals surface area contributed by atoms with Crippen molar-refractivity contribution >= 4 is 38.7 Å². The molecule has 3 N–H and O–H groups in total. The van der Waals surface area contributed by atoms with E-state index in [1.54, 1.807) is 15.9 Å². The fourth-order valence-corrected chi connectivity index (χ4v) is 4.10. The molecule has 8 heteroatoms. The van der Waals surface area contributed by atoms with Gasteiger partial charge in [-0.25, -0.2) is 4.98 Å². The molecule has 1 atom stereocenters. The van der Waals surface area contributed by atoms with Crippen LogP contribution in [0.4, 0.5) is 5.82 Å². The van der Waals surface area contributed by atoms with Crippen molar-refractivity contribution in [1.29, 1.82) is 0 Å². The second kappa shape index (κ2) is 5.60. The van der Waals surface area contributed by atoms with Crippen molar-refractivity contribution in [1.82, 2.24) is 24.9 Å². The number of hydrogen-bond acceptors (Lipinski definition) is 6. The standard InChI is InChI=1S/C14H15BrN6S/c15-11-12(8-2-1-3-17-4-8)20-14-9(10-6-18-7-22-10)5-19-21(14)13(11)16/h5-8,17H,1-4,16H2. The Hall–Kier alpha value is -1.51. The van der Waals surface area contributed by atoms with Crippen LogP contribution in [0.25, 0.3) is 16.1 Å². The lowest BCUT2D eigenvalue weighted by molar-refractivity contribution is 0.453. The Morgan fingerprint density at radius 2 is 2.32 bits per heavy atom. The number of hydrogen-bond donors (Lipinski definition) is 2. The Kier molecular flexibility index (Phi) is 3.59. The summed E-state index contributed by atoms with van der Waals surface area (Å²) < 4.78 is 2.55. The van der Waals surface area contributed by atoms with E-state index in [4.69, 9.17) is 10.7 Å². The van der Waals surface area contributed by atoms with E-state index < -0.39 is 0 Å². The minimum atomic E-state index is 0.375. The first-order valence-electron chi connectivity index (χ1n) is 7.18. The number of anilines is 1. The molecule has 6 nitrogen and oxygen atoms in total. The van der Waals surface area contributed by atoms with Crippen LogP contribution >= 0.6 is 27.3 Å². The monoisotopic (exact) mass is 378 g/mol. The van der Waals surface area contributed by atoms with Gasteiger partial charge in [-0.2, -0.15) is 9.61 Å². The molecular weight excluding hydrogens is 364 g/mol. The normalized spacial score (nSPS) is 18.9. The fourth-order valence-electron chi connectivity index (χ4n) is 2.89. The SMILES string of the molecule is Nc1c(Br)c(C2CCCNC2)nc2c(-c3cncs3)cnn12. The Balaban J connectivity index is 1.90. The third-order valence-corrected chi connectivity index (χ3v) is 5.65. The predicted molar refractivity (Wildman–Crippen MR) is 91.1 cm³/mol. The molecule has 4 heterocycles. The minimum Gasteiger partial charge on any atom is -0.383 e. The van der Waals surface area contributed by atoms with E-state index in [1.807, 2.05) is 17.9 Å². The van der Waals surface area contributed by atoms with Gasteiger partial charge in [0.05, 0.1) is 32.3 Å². The van der Waals surface area contributed by atoms with Gasteiger partial charge < -0.3 is 11.1 Å². The number of halogens is 1. The number of thiazole rings is 1. The lowest BCUT2D eigenvalue weighted by Crippen LogP contribution is -2.29. The van der Waals surface area contributed by atoms with Crippen LogP contribution in [-0.4, -0.2) is 32.7 Å². The quantitative estimate of drug-likeness (QED) is 0.716. The van der Waals surface area contributed by atoms with E-state index in [-0.39, 0.29) is 0 Å². The maximum absolute atomic E-state index is 6.27. The number of fused-ring (bicyclic) bond motifs is 1. The number of nitrogens with one attached hydrogen (secondary N) is 1. The van der Waals surface area contributed by atoms with Crippen LogP contribution in [0, 0.1) is 0 Å². The predicted octanol–water partition coefficient (Wildman–Crippen LogP) is 2.66. The molecule has 1 aliphatic rings. The number of rotatable bonds is 2. The molecular formula is C14H15BrN6S. The lowest BCUT2D eigenvalue weighted by Gasteiger charge is -2.23. The van der Waals surface area contributed by atoms with Crippen LogP contribution in [0.15, 0.2) is 22.4 Å². The minimum absolute atomic E-state index is 0.375. The van der Waals surface area contributed by atoms with E-state index in [9.17, 15) is 0 Å². The zero-order valence-corrected chi connectivity index (χ0v) is 14.2. The lowest BCUT2D eigenvalue weighted by atomic mass is 9.96. The Morgan fingerprint density at radius 3 is 3.05 bits per heavy atom.